The first kappa shape index (κ1) is 14.8. The zero-order chi connectivity index (χ0) is 14.8. The van der Waals surface area contributed by atoms with Gasteiger partial charge in [-0.3, -0.25) is 9.78 Å². The fourth-order valence-corrected chi connectivity index (χ4v) is 1.42. The third-order valence-electron chi connectivity index (χ3n) is 2.15. The molecule has 0 saturated heterocycles. The Morgan fingerprint density at radius 3 is 2.42 bits per heavy atom. The van der Waals surface area contributed by atoms with Crippen LogP contribution in [0.3, 0.4) is 0 Å². The van der Waals surface area contributed by atoms with Crippen molar-refractivity contribution in [3.05, 3.63) is 28.6 Å². The second kappa shape index (κ2) is 5.17. The molecule has 0 aliphatic carbocycles. The maximum Gasteiger partial charge on any atom is 0.419 e. The quantitative estimate of drug-likeness (QED) is 0.863. The van der Waals surface area contributed by atoms with Crippen LogP contribution in [0.4, 0.5) is 22.0 Å². The van der Waals surface area contributed by atoms with Crippen molar-refractivity contribution in [1.82, 2.24) is 4.98 Å². The number of hydrogen-bond acceptors (Lipinski definition) is 3. The van der Waals surface area contributed by atoms with E-state index in [1.165, 1.54) is 0 Å². The Kier molecular flexibility index (Phi) is 4.04. The SMILES string of the molecule is N#Cc1c(C(F)(F)F)cnc(CC(=O)O)c1C(F)F. The lowest BCUT2D eigenvalue weighted by Crippen LogP contribution is -2.15. The van der Waals surface area contributed by atoms with Gasteiger partial charge in [-0.15, -0.1) is 0 Å². The van der Waals surface area contributed by atoms with Crippen LogP contribution in [0.1, 0.15) is 28.8 Å². The number of nitriles is 1. The Morgan fingerprint density at radius 1 is 1.47 bits per heavy atom. The normalized spacial score (nSPS) is 11.4. The van der Waals surface area contributed by atoms with Crippen molar-refractivity contribution < 1.29 is 31.9 Å². The number of hydrogen-bond donors (Lipinski definition) is 1. The largest absolute Gasteiger partial charge is 0.481 e. The van der Waals surface area contributed by atoms with Crippen molar-refractivity contribution in [3.63, 3.8) is 0 Å². The zero-order valence-electron chi connectivity index (χ0n) is 9.00. The maximum absolute atomic E-state index is 12.7. The standard InChI is InChI=1S/C10H5F5N2O2/c11-9(12)8-4(2-16)5(10(13,14)15)3-17-6(8)1-7(18)19/h3,9H,1H2,(H,18,19). The second-order valence-electron chi connectivity index (χ2n) is 3.39. The van der Waals surface area contributed by atoms with Gasteiger partial charge in [0.2, 0.25) is 0 Å². The lowest BCUT2D eigenvalue weighted by molar-refractivity contribution is -0.138. The summed E-state index contributed by atoms with van der Waals surface area (Å²) in [6, 6.07) is 1.03. The van der Waals surface area contributed by atoms with Crippen LogP contribution < -0.4 is 0 Å². The summed E-state index contributed by atoms with van der Waals surface area (Å²) in [7, 11) is 0. The van der Waals surface area contributed by atoms with Gasteiger partial charge in [0.05, 0.1) is 28.8 Å². The van der Waals surface area contributed by atoms with Crippen molar-refractivity contribution in [2.75, 3.05) is 0 Å². The molecule has 4 nitrogen and oxygen atoms in total. The highest BCUT2D eigenvalue weighted by Crippen LogP contribution is 2.36. The van der Waals surface area contributed by atoms with Crippen LogP contribution in [-0.2, 0) is 17.4 Å². The van der Waals surface area contributed by atoms with Gasteiger partial charge in [0.1, 0.15) is 6.07 Å². The molecule has 0 spiro atoms. The highest BCUT2D eigenvalue weighted by Gasteiger charge is 2.37. The highest BCUT2D eigenvalue weighted by molar-refractivity contribution is 5.70. The summed E-state index contributed by atoms with van der Waals surface area (Å²) in [5, 5.41) is 17.1. The number of pyridine rings is 1. The van der Waals surface area contributed by atoms with Crippen LogP contribution in [0.15, 0.2) is 6.20 Å². The van der Waals surface area contributed by atoms with Crippen molar-refractivity contribution in [2.45, 2.75) is 19.0 Å². The molecule has 0 amide bonds. The molecule has 0 radical (unpaired) electrons. The van der Waals surface area contributed by atoms with Gasteiger partial charge in [-0.25, -0.2) is 8.78 Å². The molecule has 1 N–H and O–H groups in total. The predicted octanol–water partition coefficient (Wildman–Crippen LogP) is 2.54. The molecule has 0 aliphatic rings. The molecule has 0 bridgehead atoms. The Balaban J connectivity index is 3.58. The zero-order valence-corrected chi connectivity index (χ0v) is 9.00. The Hall–Kier alpha value is -2.24. The number of aliphatic carboxylic acids is 1. The molecule has 1 aromatic rings. The molecule has 0 aliphatic heterocycles. The predicted molar refractivity (Wildman–Crippen MR) is 50.3 cm³/mol. The molecule has 1 rings (SSSR count). The van der Waals surface area contributed by atoms with Gasteiger partial charge in [0, 0.05) is 6.20 Å². The molecule has 0 fully saturated rings. The first-order valence-corrected chi connectivity index (χ1v) is 4.67. The first-order valence-electron chi connectivity index (χ1n) is 4.67. The molecular formula is C10H5F5N2O2. The van der Waals surface area contributed by atoms with E-state index in [0.717, 1.165) is 6.07 Å². The second-order valence-corrected chi connectivity index (χ2v) is 3.39. The lowest BCUT2D eigenvalue weighted by Gasteiger charge is -2.14. The minimum Gasteiger partial charge on any atom is -0.481 e. The van der Waals surface area contributed by atoms with Crippen molar-refractivity contribution in [2.24, 2.45) is 0 Å². The topological polar surface area (TPSA) is 74.0 Å². The van der Waals surface area contributed by atoms with Crippen LogP contribution in [0.5, 0.6) is 0 Å². The van der Waals surface area contributed by atoms with E-state index >= 15 is 0 Å². The van der Waals surface area contributed by atoms with Crippen LogP contribution >= 0.6 is 0 Å². The average Bonchev–Trinajstić information content (AvgIpc) is 2.25. The number of carboxylic acids is 1. The van der Waals surface area contributed by atoms with Gasteiger partial charge in [0.15, 0.2) is 0 Å². The summed E-state index contributed by atoms with van der Waals surface area (Å²) in [5.74, 6) is -1.54. The summed E-state index contributed by atoms with van der Waals surface area (Å²) >= 11 is 0. The van der Waals surface area contributed by atoms with E-state index in [9.17, 15) is 26.7 Å². The van der Waals surface area contributed by atoms with E-state index in [0.29, 0.717) is 0 Å². The number of carbonyl (C=O) groups is 1. The fraction of sp³-hybridized carbons (Fsp3) is 0.300. The van der Waals surface area contributed by atoms with E-state index in [4.69, 9.17) is 10.4 Å². The number of halogens is 5. The van der Waals surface area contributed by atoms with Crippen LogP contribution in [0.25, 0.3) is 0 Å². The average molecular weight is 280 g/mol. The number of carboxylic acid groups (broad SMARTS) is 1. The van der Waals surface area contributed by atoms with E-state index in [-0.39, 0.29) is 6.20 Å². The van der Waals surface area contributed by atoms with E-state index in [1.54, 1.807) is 0 Å². The molecule has 0 atom stereocenters. The third kappa shape index (κ3) is 3.15. The molecule has 0 saturated carbocycles. The van der Waals surface area contributed by atoms with E-state index in [2.05, 4.69) is 4.98 Å². The van der Waals surface area contributed by atoms with Crippen LogP contribution in [0, 0.1) is 11.3 Å². The van der Waals surface area contributed by atoms with Gasteiger partial charge in [-0.1, -0.05) is 0 Å². The van der Waals surface area contributed by atoms with Crippen molar-refractivity contribution in [1.29, 1.82) is 5.26 Å². The van der Waals surface area contributed by atoms with Crippen LogP contribution in [-0.4, -0.2) is 16.1 Å². The third-order valence-corrected chi connectivity index (χ3v) is 2.15. The van der Waals surface area contributed by atoms with Gasteiger partial charge in [-0.2, -0.15) is 18.4 Å². The molecule has 1 aromatic heterocycles. The Bertz CT molecular complexity index is 548. The first-order chi connectivity index (χ1) is 8.68. The minimum atomic E-state index is -5.02. The van der Waals surface area contributed by atoms with Gasteiger partial charge >= 0.3 is 12.1 Å². The summed E-state index contributed by atoms with van der Waals surface area (Å²) < 4.78 is 63.0. The summed E-state index contributed by atoms with van der Waals surface area (Å²) in [6.45, 7) is 0. The monoisotopic (exact) mass is 280 g/mol. The van der Waals surface area contributed by atoms with E-state index in [1.807, 2.05) is 0 Å². The Morgan fingerprint density at radius 2 is 2.05 bits per heavy atom. The van der Waals surface area contributed by atoms with Gasteiger partial charge in [-0.05, 0) is 0 Å². The summed E-state index contributed by atoms with van der Waals surface area (Å²) in [5.41, 5.74) is -4.96. The summed E-state index contributed by atoms with van der Waals surface area (Å²) in [4.78, 5) is 13.5. The number of alkyl halides is 5. The lowest BCUT2D eigenvalue weighted by atomic mass is 10.0. The fourth-order valence-electron chi connectivity index (χ4n) is 1.42. The molecule has 9 heteroatoms. The van der Waals surface area contributed by atoms with Crippen molar-refractivity contribution in [3.8, 4) is 6.07 Å². The van der Waals surface area contributed by atoms with Gasteiger partial charge < -0.3 is 5.11 Å². The Labute approximate surface area is 103 Å². The number of nitrogens with zero attached hydrogens (tertiary/aromatic N) is 2. The number of aromatic nitrogens is 1. The smallest absolute Gasteiger partial charge is 0.419 e. The molecule has 19 heavy (non-hydrogen) atoms. The highest BCUT2D eigenvalue weighted by atomic mass is 19.4. The van der Waals surface area contributed by atoms with Crippen molar-refractivity contribution >= 4 is 5.97 Å². The summed E-state index contributed by atoms with van der Waals surface area (Å²) in [6.07, 6.45) is -9.27. The molecular weight excluding hydrogens is 275 g/mol. The van der Waals surface area contributed by atoms with Gasteiger partial charge in [0.25, 0.3) is 6.43 Å². The van der Waals surface area contributed by atoms with E-state index < -0.39 is 47.4 Å². The number of rotatable bonds is 3. The molecule has 1 heterocycles. The molecule has 0 aromatic carbocycles. The minimum absolute atomic E-state index is 0.183. The maximum atomic E-state index is 12.7. The van der Waals surface area contributed by atoms with Crippen LogP contribution in [0.2, 0.25) is 0 Å². The molecule has 0 unspecified atom stereocenters. The molecule has 102 valence electrons.